The molecular weight excluding hydrogens is 288 g/mol. The van der Waals surface area contributed by atoms with E-state index in [-0.39, 0.29) is 23.5 Å². The van der Waals surface area contributed by atoms with Crippen molar-refractivity contribution >= 4 is 11.6 Å². The van der Waals surface area contributed by atoms with Crippen molar-refractivity contribution in [3.05, 3.63) is 59.2 Å². The highest BCUT2D eigenvalue weighted by molar-refractivity contribution is 5.97. The SMILES string of the molecule is Cc1cccc(O)c1NC(=O)[C@@H]1C[C@@H]1c1ccc(F)c(F)c1. The number of phenolic OH excluding ortho intramolecular Hbond substituents is 1. The smallest absolute Gasteiger partial charge is 0.228 e. The number of halogens is 2. The predicted octanol–water partition coefficient (Wildman–Crippen LogP) is 3.72. The molecule has 2 N–H and O–H groups in total. The number of rotatable bonds is 3. The van der Waals surface area contributed by atoms with Gasteiger partial charge in [-0.2, -0.15) is 0 Å². The summed E-state index contributed by atoms with van der Waals surface area (Å²) in [7, 11) is 0. The molecule has 0 saturated heterocycles. The Morgan fingerprint density at radius 3 is 2.68 bits per heavy atom. The number of anilines is 1. The number of para-hydroxylation sites is 1. The van der Waals surface area contributed by atoms with Gasteiger partial charge in [-0.15, -0.1) is 0 Å². The van der Waals surface area contributed by atoms with Crippen molar-refractivity contribution in [1.29, 1.82) is 0 Å². The first-order chi connectivity index (χ1) is 10.5. The van der Waals surface area contributed by atoms with E-state index in [1.165, 1.54) is 12.1 Å². The molecule has 3 nitrogen and oxygen atoms in total. The number of phenols is 1. The lowest BCUT2D eigenvalue weighted by molar-refractivity contribution is -0.117. The number of aromatic hydroxyl groups is 1. The second-order valence-electron chi connectivity index (χ2n) is 5.58. The maximum Gasteiger partial charge on any atom is 0.228 e. The first-order valence-corrected chi connectivity index (χ1v) is 7.01. The number of amides is 1. The number of hydrogen-bond donors (Lipinski definition) is 2. The summed E-state index contributed by atoms with van der Waals surface area (Å²) in [5.74, 6) is -2.40. The minimum absolute atomic E-state index is 0.0124. The number of carbonyl (C=O) groups is 1. The molecule has 3 rings (SSSR count). The molecule has 1 aliphatic carbocycles. The summed E-state index contributed by atoms with van der Waals surface area (Å²) in [6.45, 7) is 1.79. The highest BCUT2D eigenvalue weighted by atomic mass is 19.2. The summed E-state index contributed by atoms with van der Waals surface area (Å²) < 4.78 is 26.2. The number of hydrogen-bond acceptors (Lipinski definition) is 2. The first kappa shape index (κ1) is 14.5. The third-order valence-electron chi connectivity index (χ3n) is 4.00. The standard InChI is InChI=1S/C17H15F2NO2/c1-9-3-2-4-15(21)16(9)20-17(22)12-8-11(12)10-5-6-13(18)14(19)7-10/h2-7,11-12,21H,8H2,1H3,(H,20,22)/t11-,12-/m1/s1. The lowest BCUT2D eigenvalue weighted by atomic mass is 10.1. The van der Waals surface area contributed by atoms with Crippen LogP contribution in [0.3, 0.4) is 0 Å². The van der Waals surface area contributed by atoms with Gasteiger partial charge in [-0.3, -0.25) is 4.79 Å². The zero-order chi connectivity index (χ0) is 15.9. The van der Waals surface area contributed by atoms with Gasteiger partial charge in [0.1, 0.15) is 5.75 Å². The van der Waals surface area contributed by atoms with Crippen molar-refractivity contribution in [1.82, 2.24) is 0 Å². The van der Waals surface area contributed by atoms with E-state index in [2.05, 4.69) is 5.32 Å². The second-order valence-corrected chi connectivity index (χ2v) is 5.58. The lowest BCUT2D eigenvalue weighted by Gasteiger charge is -2.10. The average Bonchev–Trinajstić information content (AvgIpc) is 3.26. The Kier molecular flexibility index (Phi) is 3.56. The van der Waals surface area contributed by atoms with Crippen LogP contribution in [-0.2, 0) is 4.79 Å². The Hall–Kier alpha value is -2.43. The Bertz CT molecular complexity index is 725. The van der Waals surface area contributed by atoms with Gasteiger partial charge in [0.25, 0.3) is 0 Å². The van der Waals surface area contributed by atoms with Crippen LogP contribution in [0.25, 0.3) is 0 Å². The average molecular weight is 303 g/mol. The topological polar surface area (TPSA) is 49.3 Å². The van der Waals surface area contributed by atoms with Gasteiger partial charge >= 0.3 is 0 Å². The second kappa shape index (κ2) is 5.40. The highest BCUT2D eigenvalue weighted by Crippen LogP contribution is 2.48. The molecule has 0 aliphatic heterocycles. The van der Waals surface area contributed by atoms with Gasteiger partial charge in [0.15, 0.2) is 11.6 Å². The first-order valence-electron chi connectivity index (χ1n) is 7.01. The Morgan fingerprint density at radius 1 is 1.23 bits per heavy atom. The van der Waals surface area contributed by atoms with Crippen LogP contribution in [0.4, 0.5) is 14.5 Å². The monoisotopic (exact) mass is 303 g/mol. The van der Waals surface area contributed by atoms with Crippen molar-refractivity contribution in [2.24, 2.45) is 5.92 Å². The fourth-order valence-electron chi connectivity index (χ4n) is 2.63. The Morgan fingerprint density at radius 2 is 2.00 bits per heavy atom. The number of benzene rings is 2. The lowest BCUT2D eigenvalue weighted by Crippen LogP contribution is -2.15. The van der Waals surface area contributed by atoms with E-state index in [0.717, 1.165) is 17.7 Å². The molecule has 1 amide bonds. The van der Waals surface area contributed by atoms with Crippen molar-refractivity contribution < 1.29 is 18.7 Å². The van der Waals surface area contributed by atoms with E-state index in [1.54, 1.807) is 19.1 Å². The van der Waals surface area contributed by atoms with Crippen LogP contribution in [0.2, 0.25) is 0 Å². The minimum Gasteiger partial charge on any atom is -0.506 e. The summed E-state index contributed by atoms with van der Waals surface area (Å²) in [6, 6.07) is 8.70. The van der Waals surface area contributed by atoms with Crippen LogP contribution >= 0.6 is 0 Å². The molecule has 2 aromatic carbocycles. The molecule has 22 heavy (non-hydrogen) atoms. The highest BCUT2D eigenvalue weighted by Gasteiger charge is 2.44. The molecule has 0 heterocycles. The molecule has 0 radical (unpaired) electrons. The molecule has 0 unspecified atom stereocenters. The Balaban J connectivity index is 1.72. The van der Waals surface area contributed by atoms with Crippen molar-refractivity contribution in [3.63, 3.8) is 0 Å². The molecule has 2 atom stereocenters. The van der Waals surface area contributed by atoms with Crippen LogP contribution in [0, 0.1) is 24.5 Å². The maximum absolute atomic E-state index is 13.2. The molecule has 1 saturated carbocycles. The van der Waals surface area contributed by atoms with Crippen LogP contribution in [-0.4, -0.2) is 11.0 Å². The molecular formula is C17H15F2NO2. The van der Waals surface area contributed by atoms with Crippen LogP contribution in [0.15, 0.2) is 36.4 Å². The Labute approximate surface area is 126 Å². The number of carbonyl (C=O) groups excluding carboxylic acids is 1. The van der Waals surface area contributed by atoms with E-state index in [9.17, 15) is 18.7 Å². The van der Waals surface area contributed by atoms with Gasteiger partial charge in [-0.1, -0.05) is 18.2 Å². The van der Waals surface area contributed by atoms with Crippen molar-refractivity contribution in [3.8, 4) is 5.75 Å². The quantitative estimate of drug-likeness (QED) is 0.849. The minimum atomic E-state index is -0.903. The largest absolute Gasteiger partial charge is 0.506 e. The molecule has 1 fully saturated rings. The third kappa shape index (κ3) is 2.66. The van der Waals surface area contributed by atoms with Crippen LogP contribution in [0.5, 0.6) is 5.75 Å². The zero-order valence-corrected chi connectivity index (χ0v) is 11.9. The molecule has 0 aromatic heterocycles. The maximum atomic E-state index is 13.2. The van der Waals surface area contributed by atoms with E-state index < -0.39 is 11.6 Å². The van der Waals surface area contributed by atoms with Gasteiger partial charge in [0.05, 0.1) is 5.69 Å². The molecule has 0 bridgehead atoms. The predicted molar refractivity (Wildman–Crippen MR) is 78.7 cm³/mol. The molecule has 5 heteroatoms. The number of aryl methyl sites for hydroxylation is 1. The molecule has 2 aromatic rings. The normalized spacial score (nSPS) is 19.8. The third-order valence-corrected chi connectivity index (χ3v) is 4.00. The van der Waals surface area contributed by atoms with Gasteiger partial charge < -0.3 is 10.4 Å². The zero-order valence-electron chi connectivity index (χ0n) is 11.9. The molecule has 0 spiro atoms. The summed E-state index contributed by atoms with van der Waals surface area (Å²) >= 11 is 0. The van der Waals surface area contributed by atoms with Crippen molar-refractivity contribution in [2.75, 3.05) is 5.32 Å². The summed E-state index contributed by atoms with van der Waals surface area (Å²) in [6.07, 6.45) is 0.587. The van der Waals surface area contributed by atoms with Gasteiger partial charge in [0, 0.05) is 5.92 Å². The van der Waals surface area contributed by atoms with Crippen LogP contribution < -0.4 is 5.32 Å². The van der Waals surface area contributed by atoms with E-state index in [4.69, 9.17) is 0 Å². The molecule has 1 aliphatic rings. The summed E-state index contributed by atoms with van der Waals surface area (Å²) in [5, 5.41) is 12.5. The van der Waals surface area contributed by atoms with E-state index in [1.807, 2.05) is 0 Å². The summed E-state index contributed by atoms with van der Waals surface area (Å²) in [5.41, 5.74) is 1.77. The van der Waals surface area contributed by atoms with E-state index >= 15 is 0 Å². The van der Waals surface area contributed by atoms with Gasteiger partial charge in [-0.25, -0.2) is 8.78 Å². The fourth-order valence-corrected chi connectivity index (χ4v) is 2.63. The van der Waals surface area contributed by atoms with Gasteiger partial charge in [-0.05, 0) is 48.6 Å². The summed E-state index contributed by atoms with van der Waals surface area (Å²) in [4.78, 5) is 12.2. The fraction of sp³-hybridized carbons (Fsp3) is 0.235. The number of nitrogens with one attached hydrogen (secondary N) is 1. The van der Waals surface area contributed by atoms with Crippen LogP contribution in [0.1, 0.15) is 23.5 Å². The molecule has 114 valence electrons. The van der Waals surface area contributed by atoms with E-state index in [0.29, 0.717) is 17.7 Å². The van der Waals surface area contributed by atoms with Crippen molar-refractivity contribution in [2.45, 2.75) is 19.3 Å². The van der Waals surface area contributed by atoms with Gasteiger partial charge in [0.2, 0.25) is 5.91 Å².